The molecule has 0 aromatic rings. The molecule has 0 spiro atoms. The molecule has 15 heavy (non-hydrogen) atoms. The van der Waals surface area contributed by atoms with Crippen LogP contribution in [-0.4, -0.2) is 37.0 Å². The van der Waals surface area contributed by atoms with Crippen molar-refractivity contribution in [2.24, 2.45) is 5.92 Å². The maximum Gasteiger partial charge on any atom is 0.239 e. The monoisotopic (exact) mass is 212 g/mol. The molecular formula is C12H24N2O. The van der Waals surface area contributed by atoms with Gasteiger partial charge < -0.3 is 10.2 Å². The number of amides is 1. The van der Waals surface area contributed by atoms with Crippen molar-refractivity contribution in [2.75, 3.05) is 20.1 Å². The Morgan fingerprint density at radius 2 is 2.20 bits per heavy atom. The summed E-state index contributed by atoms with van der Waals surface area (Å²) in [5.41, 5.74) is 0. The Morgan fingerprint density at radius 1 is 1.47 bits per heavy atom. The van der Waals surface area contributed by atoms with E-state index in [1.807, 2.05) is 11.9 Å². The first-order chi connectivity index (χ1) is 7.15. The maximum atomic E-state index is 11.7. The van der Waals surface area contributed by atoms with Gasteiger partial charge in [-0.1, -0.05) is 26.7 Å². The maximum absolute atomic E-state index is 11.7. The number of carbonyl (C=O) groups excluding carboxylic acids is 1. The molecule has 0 aliphatic carbocycles. The Balaban J connectivity index is 2.15. The molecule has 1 saturated heterocycles. The lowest BCUT2D eigenvalue weighted by molar-refractivity contribution is -0.129. The molecule has 1 atom stereocenters. The van der Waals surface area contributed by atoms with Crippen LogP contribution in [0.15, 0.2) is 0 Å². The SMILES string of the molecule is CNC1CCN(CCCCC(C)C)C1=O. The van der Waals surface area contributed by atoms with Gasteiger partial charge in [-0.15, -0.1) is 0 Å². The predicted octanol–water partition coefficient (Wildman–Crippen LogP) is 1.63. The van der Waals surface area contributed by atoms with Gasteiger partial charge in [-0.3, -0.25) is 4.79 Å². The van der Waals surface area contributed by atoms with Gasteiger partial charge in [0.15, 0.2) is 0 Å². The van der Waals surface area contributed by atoms with Crippen molar-refractivity contribution in [3.8, 4) is 0 Å². The number of nitrogens with zero attached hydrogens (tertiary/aromatic N) is 1. The first kappa shape index (κ1) is 12.5. The minimum atomic E-state index is 0.0788. The molecule has 1 aliphatic rings. The molecule has 1 amide bonds. The smallest absolute Gasteiger partial charge is 0.239 e. The molecule has 1 rings (SSSR count). The lowest BCUT2D eigenvalue weighted by Crippen LogP contribution is -2.36. The Labute approximate surface area is 93.2 Å². The molecule has 1 heterocycles. The average Bonchev–Trinajstić information content (AvgIpc) is 2.54. The second-order valence-corrected chi connectivity index (χ2v) is 4.84. The molecule has 0 aromatic heterocycles. The van der Waals surface area contributed by atoms with Gasteiger partial charge in [-0.05, 0) is 25.8 Å². The van der Waals surface area contributed by atoms with E-state index in [4.69, 9.17) is 0 Å². The Bertz CT molecular complexity index is 204. The first-order valence-corrected chi connectivity index (χ1v) is 6.11. The lowest BCUT2D eigenvalue weighted by Gasteiger charge is -2.16. The number of hydrogen-bond acceptors (Lipinski definition) is 2. The summed E-state index contributed by atoms with van der Waals surface area (Å²) in [5.74, 6) is 1.08. The fourth-order valence-corrected chi connectivity index (χ4v) is 2.08. The standard InChI is InChI=1S/C12H24N2O/c1-10(2)6-4-5-8-14-9-7-11(13-3)12(14)15/h10-11,13H,4-9H2,1-3H3. The summed E-state index contributed by atoms with van der Waals surface area (Å²) in [6, 6.07) is 0.0788. The van der Waals surface area contributed by atoms with Gasteiger partial charge in [0.25, 0.3) is 0 Å². The molecule has 3 nitrogen and oxygen atoms in total. The van der Waals surface area contributed by atoms with Gasteiger partial charge in [0, 0.05) is 13.1 Å². The second-order valence-electron chi connectivity index (χ2n) is 4.84. The van der Waals surface area contributed by atoms with Crippen molar-refractivity contribution in [3.63, 3.8) is 0 Å². The van der Waals surface area contributed by atoms with Crippen LogP contribution in [0.1, 0.15) is 39.5 Å². The third-order valence-corrected chi connectivity index (χ3v) is 3.11. The van der Waals surface area contributed by atoms with E-state index in [-0.39, 0.29) is 6.04 Å². The first-order valence-electron chi connectivity index (χ1n) is 6.11. The van der Waals surface area contributed by atoms with Gasteiger partial charge >= 0.3 is 0 Å². The van der Waals surface area contributed by atoms with Crippen LogP contribution < -0.4 is 5.32 Å². The van der Waals surface area contributed by atoms with Crippen molar-refractivity contribution in [3.05, 3.63) is 0 Å². The Hall–Kier alpha value is -0.570. The topological polar surface area (TPSA) is 32.3 Å². The van der Waals surface area contributed by atoms with Crippen molar-refractivity contribution in [1.82, 2.24) is 10.2 Å². The molecule has 88 valence electrons. The number of carbonyl (C=O) groups is 1. The minimum Gasteiger partial charge on any atom is -0.341 e. The molecule has 0 radical (unpaired) electrons. The average molecular weight is 212 g/mol. The zero-order chi connectivity index (χ0) is 11.3. The van der Waals surface area contributed by atoms with E-state index < -0.39 is 0 Å². The van der Waals surface area contributed by atoms with Crippen LogP contribution in [0.4, 0.5) is 0 Å². The number of hydrogen-bond donors (Lipinski definition) is 1. The van der Waals surface area contributed by atoms with Gasteiger partial charge in [0.05, 0.1) is 6.04 Å². The third kappa shape index (κ3) is 3.82. The molecule has 1 N–H and O–H groups in total. The van der Waals surface area contributed by atoms with Crippen LogP contribution in [0.5, 0.6) is 0 Å². The molecule has 0 bridgehead atoms. The molecule has 1 unspecified atom stereocenters. The summed E-state index contributed by atoms with van der Waals surface area (Å²) < 4.78 is 0. The van der Waals surface area contributed by atoms with Crippen LogP contribution in [0.25, 0.3) is 0 Å². The summed E-state index contributed by atoms with van der Waals surface area (Å²) in [5, 5.41) is 3.06. The van der Waals surface area contributed by atoms with E-state index in [1.165, 1.54) is 12.8 Å². The van der Waals surface area contributed by atoms with Crippen molar-refractivity contribution < 1.29 is 4.79 Å². The van der Waals surface area contributed by atoms with Gasteiger partial charge in [0.2, 0.25) is 5.91 Å². The number of likely N-dealkylation sites (tertiary alicyclic amines) is 1. The summed E-state index contributed by atoms with van der Waals surface area (Å²) >= 11 is 0. The van der Waals surface area contributed by atoms with E-state index in [0.717, 1.165) is 31.8 Å². The van der Waals surface area contributed by atoms with E-state index in [2.05, 4.69) is 19.2 Å². The quantitative estimate of drug-likeness (QED) is 0.679. The number of nitrogens with one attached hydrogen (secondary N) is 1. The summed E-state index contributed by atoms with van der Waals surface area (Å²) in [6.07, 6.45) is 4.64. The number of unbranched alkanes of at least 4 members (excludes halogenated alkanes) is 1. The summed E-state index contributed by atoms with van der Waals surface area (Å²) in [4.78, 5) is 13.7. The summed E-state index contributed by atoms with van der Waals surface area (Å²) in [7, 11) is 1.87. The Morgan fingerprint density at radius 3 is 2.73 bits per heavy atom. The van der Waals surface area contributed by atoms with Crippen molar-refractivity contribution in [1.29, 1.82) is 0 Å². The van der Waals surface area contributed by atoms with E-state index in [1.54, 1.807) is 0 Å². The van der Waals surface area contributed by atoms with Gasteiger partial charge in [-0.2, -0.15) is 0 Å². The van der Waals surface area contributed by atoms with Crippen molar-refractivity contribution in [2.45, 2.75) is 45.6 Å². The lowest BCUT2D eigenvalue weighted by atomic mass is 10.1. The molecule has 3 heteroatoms. The van der Waals surface area contributed by atoms with Gasteiger partial charge in [-0.25, -0.2) is 0 Å². The third-order valence-electron chi connectivity index (χ3n) is 3.11. The fraction of sp³-hybridized carbons (Fsp3) is 0.917. The highest BCUT2D eigenvalue weighted by molar-refractivity contribution is 5.83. The zero-order valence-electron chi connectivity index (χ0n) is 10.3. The van der Waals surface area contributed by atoms with Crippen LogP contribution >= 0.6 is 0 Å². The predicted molar refractivity (Wildman–Crippen MR) is 62.7 cm³/mol. The molecule has 1 aliphatic heterocycles. The number of rotatable bonds is 6. The fourth-order valence-electron chi connectivity index (χ4n) is 2.08. The van der Waals surface area contributed by atoms with Crippen LogP contribution in [0, 0.1) is 5.92 Å². The highest BCUT2D eigenvalue weighted by Gasteiger charge is 2.29. The van der Waals surface area contributed by atoms with E-state index in [0.29, 0.717) is 5.91 Å². The van der Waals surface area contributed by atoms with Crippen LogP contribution in [-0.2, 0) is 4.79 Å². The number of likely N-dealkylation sites (N-methyl/N-ethyl adjacent to an activating group) is 1. The highest BCUT2D eigenvalue weighted by atomic mass is 16.2. The Kier molecular flexibility index (Phi) is 5.09. The van der Waals surface area contributed by atoms with Crippen LogP contribution in [0.3, 0.4) is 0 Å². The normalized spacial score (nSPS) is 21.7. The van der Waals surface area contributed by atoms with E-state index in [9.17, 15) is 4.79 Å². The molecular weight excluding hydrogens is 188 g/mol. The van der Waals surface area contributed by atoms with E-state index >= 15 is 0 Å². The second kappa shape index (κ2) is 6.11. The zero-order valence-corrected chi connectivity index (χ0v) is 10.3. The molecule has 0 saturated carbocycles. The molecule has 0 aromatic carbocycles. The highest BCUT2D eigenvalue weighted by Crippen LogP contribution is 2.13. The largest absolute Gasteiger partial charge is 0.341 e. The minimum absolute atomic E-state index is 0.0788. The van der Waals surface area contributed by atoms with Crippen molar-refractivity contribution >= 4 is 5.91 Å². The van der Waals surface area contributed by atoms with Gasteiger partial charge in [0.1, 0.15) is 0 Å². The molecule has 1 fully saturated rings. The van der Waals surface area contributed by atoms with Crippen LogP contribution in [0.2, 0.25) is 0 Å². The summed E-state index contributed by atoms with van der Waals surface area (Å²) in [6.45, 7) is 6.38.